The van der Waals surface area contributed by atoms with E-state index in [0.29, 0.717) is 28.6 Å². The van der Waals surface area contributed by atoms with Gasteiger partial charge in [0.05, 0.1) is 4.90 Å². The summed E-state index contributed by atoms with van der Waals surface area (Å²) in [6.45, 7) is 0.411. The normalized spacial score (nSPS) is 11.3. The van der Waals surface area contributed by atoms with Crippen molar-refractivity contribution in [3.05, 3.63) is 63.6 Å². The Morgan fingerprint density at radius 1 is 1.09 bits per heavy atom. The second-order valence-corrected chi connectivity index (χ2v) is 7.90. The van der Waals surface area contributed by atoms with Gasteiger partial charge in [-0.05, 0) is 48.4 Å². The molecule has 2 aromatic carbocycles. The first-order valence-electron chi connectivity index (χ1n) is 6.79. The molecule has 1 N–H and O–H groups in total. The lowest BCUT2D eigenvalue weighted by Gasteiger charge is -2.07. The predicted octanol–water partition coefficient (Wildman–Crippen LogP) is 3.37. The van der Waals surface area contributed by atoms with Crippen molar-refractivity contribution in [1.82, 2.24) is 5.32 Å². The molecule has 1 amide bonds. The molecule has 0 fully saturated rings. The maximum Gasteiger partial charge on any atom is 0.251 e. The maximum absolute atomic E-state index is 12.0. The Hall–Kier alpha value is -1.56. The van der Waals surface area contributed by atoms with Crippen LogP contribution in [0.15, 0.2) is 47.4 Å². The molecule has 7 heteroatoms. The molecule has 0 unspecified atom stereocenters. The van der Waals surface area contributed by atoms with Crippen LogP contribution in [-0.2, 0) is 16.3 Å². The van der Waals surface area contributed by atoms with E-state index in [2.05, 4.69) is 5.32 Å². The highest BCUT2D eigenvalue weighted by Crippen LogP contribution is 2.21. The third kappa shape index (κ3) is 4.96. The third-order valence-corrected chi connectivity index (χ3v) is 4.96. The zero-order valence-corrected chi connectivity index (χ0v) is 14.7. The molecular weight excluding hydrogens is 357 g/mol. The lowest BCUT2D eigenvalue weighted by molar-refractivity contribution is 0.0954. The first-order chi connectivity index (χ1) is 10.8. The summed E-state index contributed by atoms with van der Waals surface area (Å²) in [4.78, 5) is 12.2. The average molecular weight is 372 g/mol. The molecule has 2 aromatic rings. The van der Waals surface area contributed by atoms with Crippen LogP contribution in [0.3, 0.4) is 0 Å². The number of carbonyl (C=O) groups excluding carboxylic acids is 1. The monoisotopic (exact) mass is 371 g/mol. The number of hydrogen-bond acceptors (Lipinski definition) is 3. The van der Waals surface area contributed by atoms with E-state index in [1.165, 1.54) is 24.3 Å². The largest absolute Gasteiger partial charge is 0.352 e. The fraction of sp³-hybridized carbons (Fsp3) is 0.188. The van der Waals surface area contributed by atoms with Crippen molar-refractivity contribution in [2.75, 3.05) is 12.8 Å². The first-order valence-corrected chi connectivity index (χ1v) is 9.44. The van der Waals surface area contributed by atoms with Crippen LogP contribution in [0.2, 0.25) is 10.0 Å². The van der Waals surface area contributed by atoms with Crippen molar-refractivity contribution in [3.63, 3.8) is 0 Å². The SMILES string of the molecule is CS(=O)(=O)c1ccc(C(=O)NCCc2ccc(Cl)cc2Cl)cc1. The number of sulfone groups is 1. The zero-order valence-electron chi connectivity index (χ0n) is 12.3. The fourth-order valence-corrected chi connectivity index (χ4v) is 3.12. The van der Waals surface area contributed by atoms with Gasteiger partial charge in [0, 0.05) is 28.4 Å². The summed E-state index contributed by atoms with van der Waals surface area (Å²) in [7, 11) is -3.26. The van der Waals surface area contributed by atoms with Crippen molar-refractivity contribution >= 4 is 38.9 Å². The van der Waals surface area contributed by atoms with Crippen molar-refractivity contribution in [2.24, 2.45) is 0 Å². The van der Waals surface area contributed by atoms with E-state index in [0.717, 1.165) is 11.8 Å². The van der Waals surface area contributed by atoms with Crippen LogP contribution in [0.25, 0.3) is 0 Å². The average Bonchev–Trinajstić information content (AvgIpc) is 2.48. The number of nitrogens with one attached hydrogen (secondary N) is 1. The summed E-state index contributed by atoms with van der Waals surface area (Å²) in [5.74, 6) is -0.268. The molecule has 0 atom stereocenters. The zero-order chi connectivity index (χ0) is 17.0. The summed E-state index contributed by atoms with van der Waals surface area (Å²) >= 11 is 11.9. The Kier molecular flexibility index (Phi) is 5.68. The lowest BCUT2D eigenvalue weighted by Crippen LogP contribution is -2.25. The minimum atomic E-state index is -3.26. The minimum absolute atomic E-state index is 0.182. The van der Waals surface area contributed by atoms with E-state index in [1.54, 1.807) is 12.1 Å². The van der Waals surface area contributed by atoms with Crippen LogP contribution in [0.5, 0.6) is 0 Å². The van der Waals surface area contributed by atoms with Gasteiger partial charge in [-0.3, -0.25) is 4.79 Å². The van der Waals surface area contributed by atoms with Gasteiger partial charge in [0.25, 0.3) is 5.91 Å². The molecule has 23 heavy (non-hydrogen) atoms. The highest BCUT2D eigenvalue weighted by atomic mass is 35.5. The van der Waals surface area contributed by atoms with E-state index in [4.69, 9.17) is 23.2 Å². The van der Waals surface area contributed by atoms with Crippen molar-refractivity contribution < 1.29 is 13.2 Å². The molecule has 0 spiro atoms. The van der Waals surface area contributed by atoms with Gasteiger partial charge in [-0.1, -0.05) is 29.3 Å². The van der Waals surface area contributed by atoms with Crippen LogP contribution in [0, 0.1) is 0 Å². The summed E-state index contributed by atoms with van der Waals surface area (Å²) in [5, 5.41) is 3.89. The van der Waals surface area contributed by atoms with Gasteiger partial charge < -0.3 is 5.32 Å². The minimum Gasteiger partial charge on any atom is -0.352 e. The maximum atomic E-state index is 12.0. The van der Waals surface area contributed by atoms with E-state index in [1.807, 2.05) is 6.07 Å². The first kappa shape index (κ1) is 17.8. The van der Waals surface area contributed by atoms with E-state index >= 15 is 0 Å². The van der Waals surface area contributed by atoms with E-state index in [9.17, 15) is 13.2 Å². The molecule has 0 aliphatic rings. The molecule has 0 radical (unpaired) electrons. The van der Waals surface area contributed by atoms with Crippen molar-refractivity contribution in [3.8, 4) is 0 Å². The van der Waals surface area contributed by atoms with Crippen molar-refractivity contribution in [2.45, 2.75) is 11.3 Å². The van der Waals surface area contributed by atoms with Gasteiger partial charge in [-0.15, -0.1) is 0 Å². The fourth-order valence-electron chi connectivity index (χ4n) is 1.99. The smallest absolute Gasteiger partial charge is 0.251 e. The lowest BCUT2D eigenvalue weighted by atomic mass is 10.1. The van der Waals surface area contributed by atoms with Gasteiger partial charge in [0.15, 0.2) is 9.84 Å². The number of halogens is 2. The Morgan fingerprint density at radius 3 is 2.30 bits per heavy atom. The third-order valence-electron chi connectivity index (χ3n) is 3.24. The Bertz CT molecular complexity index is 818. The number of hydrogen-bond donors (Lipinski definition) is 1. The van der Waals surface area contributed by atoms with Crippen LogP contribution < -0.4 is 5.32 Å². The number of amides is 1. The van der Waals surface area contributed by atoms with E-state index in [-0.39, 0.29) is 10.8 Å². The Morgan fingerprint density at radius 2 is 1.74 bits per heavy atom. The molecule has 0 aliphatic carbocycles. The molecule has 0 bridgehead atoms. The molecule has 0 aromatic heterocycles. The number of benzene rings is 2. The molecule has 2 rings (SSSR count). The molecular formula is C16H15Cl2NO3S. The summed E-state index contributed by atoms with van der Waals surface area (Å²) in [6.07, 6.45) is 1.70. The molecule has 4 nitrogen and oxygen atoms in total. The number of carbonyl (C=O) groups is 1. The molecule has 0 saturated carbocycles. The van der Waals surface area contributed by atoms with Crippen LogP contribution >= 0.6 is 23.2 Å². The quantitative estimate of drug-likeness (QED) is 0.875. The molecule has 0 heterocycles. The van der Waals surface area contributed by atoms with E-state index < -0.39 is 9.84 Å². The van der Waals surface area contributed by atoms with Gasteiger partial charge in [-0.25, -0.2) is 8.42 Å². The summed E-state index contributed by atoms with van der Waals surface area (Å²) < 4.78 is 22.8. The highest BCUT2D eigenvalue weighted by molar-refractivity contribution is 7.90. The molecule has 0 aliphatic heterocycles. The standard InChI is InChI=1S/C16H15Cl2NO3S/c1-23(21,22)14-6-3-12(4-7-14)16(20)19-9-8-11-2-5-13(17)10-15(11)18/h2-7,10H,8-9H2,1H3,(H,19,20). The van der Waals surface area contributed by atoms with Gasteiger partial charge in [0.2, 0.25) is 0 Å². The predicted molar refractivity (Wildman–Crippen MR) is 92.1 cm³/mol. The second kappa shape index (κ2) is 7.34. The van der Waals surface area contributed by atoms with Crippen LogP contribution in [0.4, 0.5) is 0 Å². The molecule has 122 valence electrons. The van der Waals surface area contributed by atoms with Gasteiger partial charge in [0.1, 0.15) is 0 Å². The summed E-state index contributed by atoms with van der Waals surface area (Å²) in [6, 6.07) is 11.0. The van der Waals surface area contributed by atoms with Gasteiger partial charge >= 0.3 is 0 Å². The second-order valence-electron chi connectivity index (χ2n) is 5.04. The Balaban J connectivity index is 1.94. The molecule has 0 saturated heterocycles. The number of rotatable bonds is 5. The van der Waals surface area contributed by atoms with Crippen LogP contribution in [-0.4, -0.2) is 27.1 Å². The Labute approximate surface area is 145 Å². The van der Waals surface area contributed by atoms with Crippen LogP contribution in [0.1, 0.15) is 15.9 Å². The highest BCUT2D eigenvalue weighted by Gasteiger charge is 2.10. The van der Waals surface area contributed by atoms with Crippen molar-refractivity contribution in [1.29, 1.82) is 0 Å². The van der Waals surface area contributed by atoms with Gasteiger partial charge in [-0.2, -0.15) is 0 Å². The summed E-state index contributed by atoms with van der Waals surface area (Å²) in [5.41, 5.74) is 1.29. The topological polar surface area (TPSA) is 63.2 Å².